The smallest absolute Gasteiger partial charge is 0.250 e. The molecule has 5 nitrogen and oxygen atoms in total. The predicted molar refractivity (Wildman–Crippen MR) is 92.6 cm³/mol. The van der Waals surface area contributed by atoms with Gasteiger partial charge in [-0.1, -0.05) is 42.5 Å². The fourth-order valence-corrected chi connectivity index (χ4v) is 2.55. The molecule has 2 aromatic carbocycles. The molecule has 0 bridgehead atoms. The molecule has 0 saturated carbocycles. The number of aromatic nitrogens is 1. The number of benzene rings is 2. The molecule has 1 aromatic heterocycles. The van der Waals surface area contributed by atoms with E-state index in [-0.39, 0.29) is 24.6 Å². The van der Waals surface area contributed by atoms with Gasteiger partial charge in [-0.3, -0.25) is 9.59 Å². The predicted octanol–water partition coefficient (Wildman–Crippen LogP) is 1.85. The molecule has 3 aromatic rings. The first-order chi connectivity index (χ1) is 11.6. The second kappa shape index (κ2) is 7.10. The van der Waals surface area contributed by atoms with Gasteiger partial charge in [0.2, 0.25) is 5.91 Å². The average Bonchev–Trinajstić information content (AvgIpc) is 2.61. The number of carbonyl (C=O) groups is 1. The van der Waals surface area contributed by atoms with Gasteiger partial charge in [0, 0.05) is 18.8 Å². The number of amides is 1. The molecule has 0 aliphatic heterocycles. The second-order valence-corrected chi connectivity index (χ2v) is 5.59. The van der Waals surface area contributed by atoms with Crippen molar-refractivity contribution in [1.82, 2.24) is 9.88 Å². The standard InChI is InChI=1S/C19H18N2O3/c22-17(16-9-8-14-5-1-2-6-15(14)11-16)12-20-18(23)13-21-10-4-3-7-19(21)24/h1-11,17,22H,12-13H2,(H,20,23). The molecular weight excluding hydrogens is 304 g/mol. The van der Waals surface area contributed by atoms with Gasteiger partial charge in [0.15, 0.2) is 0 Å². The van der Waals surface area contributed by atoms with Gasteiger partial charge in [-0.15, -0.1) is 0 Å². The van der Waals surface area contributed by atoms with Crippen LogP contribution in [0.15, 0.2) is 71.7 Å². The van der Waals surface area contributed by atoms with Crippen LogP contribution in [-0.2, 0) is 11.3 Å². The number of nitrogens with one attached hydrogen (secondary N) is 1. The summed E-state index contributed by atoms with van der Waals surface area (Å²) in [5, 5.41) is 15.1. The maximum absolute atomic E-state index is 11.9. The molecule has 24 heavy (non-hydrogen) atoms. The monoisotopic (exact) mass is 322 g/mol. The highest BCUT2D eigenvalue weighted by molar-refractivity contribution is 5.83. The zero-order valence-corrected chi connectivity index (χ0v) is 13.1. The normalized spacial score (nSPS) is 12.0. The first kappa shape index (κ1) is 16.0. The molecule has 1 atom stereocenters. The Morgan fingerprint density at radius 1 is 1.04 bits per heavy atom. The van der Waals surface area contributed by atoms with Crippen molar-refractivity contribution in [3.63, 3.8) is 0 Å². The quantitative estimate of drug-likeness (QED) is 0.753. The van der Waals surface area contributed by atoms with E-state index in [1.54, 1.807) is 18.3 Å². The lowest BCUT2D eigenvalue weighted by Crippen LogP contribution is -2.34. The van der Waals surface area contributed by atoms with Crippen LogP contribution in [0.4, 0.5) is 0 Å². The van der Waals surface area contributed by atoms with E-state index in [1.807, 2.05) is 42.5 Å². The van der Waals surface area contributed by atoms with Crippen LogP contribution in [0.5, 0.6) is 0 Å². The minimum atomic E-state index is -0.800. The van der Waals surface area contributed by atoms with Crippen LogP contribution in [0.25, 0.3) is 10.8 Å². The van der Waals surface area contributed by atoms with Gasteiger partial charge in [-0.2, -0.15) is 0 Å². The molecule has 5 heteroatoms. The Kier molecular flexibility index (Phi) is 4.72. The highest BCUT2D eigenvalue weighted by Crippen LogP contribution is 2.19. The Balaban J connectivity index is 1.61. The number of aliphatic hydroxyl groups is 1. The number of aliphatic hydroxyl groups excluding tert-OH is 1. The lowest BCUT2D eigenvalue weighted by molar-refractivity contribution is -0.122. The molecule has 1 amide bonds. The molecule has 0 saturated heterocycles. The Labute approximate surface area is 139 Å². The van der Waals surface area contributed by atoms with Crippen molar-refractivity contribution < 1.29 is 9.90 Å². The Bertz CT molecular complexity index is 917. The van der Waals surface area contributed by atoms with Crippen molar-refractivity contribution >= 4 is 16.7 Å². The van der Waals surface area contributed by atoms with Gasteiger partial charge in [0.05, 0.1) is 6.10 Å². The lowest BCUT2D eigenvalue weighted by atomic mass is 10.0. The van der Waals surface area contributed by atoms with Crippen molar-refractivity contribution in [2.45, 2.75) is 12.6 Å². The SMILES string of the molecule is O=C(Cn1ccccc1=O)NCC(O)c1ccc2ccccc2c1. The van der Waals surface area contributed by atoms with E-state index in [0.717, 1.165) is 16.3 Å². The lowest BCUT2D eigenvalue weighted by Gasteiger charge is -2.13. The van der Waals surface area contributed by atoms with Gasteiger partial charge in [0.25, 0.3) is 5.56 Å². The van der Waals surface area contributed by atoms with Gasteiger partial charge in [-0.05, 0) is 28.5 Å². The van der Waals surface area contributed by atoms with Crippen LogP contribution in [0, 0.1) is 0 Å². The zero-order valence-electron chi connectivity index (χ0n) is 13.1. The average molecular weight is 322 g/mol. The van der Waals surface area contributed by atoms with Gasteiger partial charge in [0.1, 0.15) is 6.54 Å². The largest absolute Gasteiger partial charge is 0.387 e. The van der Waals surface area contributed by atoms with Crippen LogP contribution in [0.2, 0.25) is 0 Å². The van der Waals surface area contributed by atoms with Crippen molar-refractivity contribution in [2.75, 3.05) is 6.54 Å². The van der Waals surface area contributed by atoms with E-state index in [9.17, 15) is 14.7 Å². The van der Waals surface area contributed by atoms with E-state index >= 15 is 0 Å². The number of nitrogens with zero attached hydrogens (tertiary/aromatic N) is 1. The Morgan fingerprint density at radius 3 is 2.58 bits per heavy atom. The Morgan fingerprint density at radius 2 is 1.79 bits per heavy atom. The summed E-state index contributed by atoms with van der Waals surface area (Å²) in [6.45, 7) is 0.0306. The zero-order chi connectivity index (χ0) is 16.9. The van der Waals surface area contributed by atoms with Crippen molar-refractivity contribution in [2.24, 2.45) is 0 Å². The number of hydrogen-bond acceptors (Lipinski definition) is 3. The molecule has 0 aliphatic carbocycles. The molecule has 122 valence electrons. The third-order valence-corrected chi connectivity index (χ3v) is 3.86. The van der Waals surface area contributed by atoms with Crippen LogP contribution in [0.1, 0.15) is 11.7 Å². The van der Waals surface area contributed by atoms with E-state index in [1.165, 1.54) is 10.6 Å². The summed E-state index contributed by atoms with van der Waals surface area (Å²) in [5.74, 6) is -0.317. The first-order valence-corrected chi connectivity index (χ1v) is 7.72. The fraction of sp³-hybridized carbons (Fsp3) is 0.158. The molecule has 0 spiro atoms. The summed E-state index contributed by atoms with van der Waals surface area (Å²) >= 11 is 0. The highest BCUT2D eigenvalue weighted by atomic mass is 16.3. The molecular formula is C19H18N2O3. The number of carbonyl (C=O) groups excluding carboxylic acids is 1. The van der Waals surface area contributed by atoms with Crippen LogP contribution >= 0.6 is 0 Å². The fourth-order valence-electron chi connectivity index (χ4n) is 2.55. The number of fused-ring (bicyclic) bond motifs is 1. The van der Waals surface area contributed by atoms with E-state index in [0.29, 0.717) is 0 Å². The van der Waals surface area contributed by atoms with Gasteiger partial charge >= 0.3 is 0 Å². The molecule has 3 rings (SSSR count). The summed E-state index contributed by atoms with van der Waals surface area (Å²) in [6, 6.07) is 18.3. The van der Waals surface area contributed by atoms with Crippen molar-refractivity contribution in [3.8, 4) is 0 Å². The maximum atomic E-state index is 11.9. The number of pyridine rings is 1. The molecule has 0 radical (unpaired) electrons. The van der Waals surface area contributed by atoms with Crippen LogP contribution in [0.3, 0.4) is 0 Å². The van der Waals surface area contributed by atoms with E-state index in [2.05, 4.69) is 5.32 Å². The van der Waals surface area contributed by atoms with Crippen molar-refractivity contribution in [3.05, 3.63) is 82.8 Å². The summed E-state index contributed by atoms with van der Waals surface area (Å²) in [7, 11) is 0. The first-order valence-electron chi connectivity index (χ1n) is 7.72. The van der Waals surface area contributed by atoms with Gasteiger partial charge in [-0.25, -0.2) is 0 Å². The molecule has 1 unspecified atom stereocenters. The number of hydrogen-bond donors (Lipinski definition) is 2. The Hall–Kier alpha value is -2.92. The molecule has 0 fully saturated rings. The minimum Gasteiger partial charge on any atom is -0.387 e. The summed E-state index contributed by atoms with van der Waals surface area (Å²) < 4.78 is 1.32. The summed E-state index contributed by atoms with van der Waals surface area (Å²) in [6.07, 6.45) is 0.757. The second-order valence-electron chi connectivity index (χ2n) is 5.59. The topological polar surface area (TPSA) is 71.3 Å². The highest BCUT2D eigenvalue weighted by Gasteiger charge is 2.10. The molecule has 2 N–H and O–H groups in total. The third-order valence-electron chi connectivity index (χ3n) is 3.86. The maximum Gasteiger partial charge on any atom is 0.250 e. The van der Waals surface area contributed by atoms with Crippen LogP contribution in [-0.4, -0.2) is 22.1 Å². The van der Waals surface area contributed by atoms with Crippen molar-refractivity contribution in [1.29, 1.82) is 0 Å². The van der Waals surface area contributed by atoms with E-state index in [4.69, 9.17) is 0 Å². The molecule has 0 aliphatic rings. The number of rotatable bonds is 5. The third kappa shape index (κ3) is 3.70. The minimum absolute atomic E-state index is 0.0654. The van der Waals surface area contributed by atoms with Crippen LogP contribution < -0.4 is 10.9 Å². The van der Waals surface area contributed by atoms with E-state index < -0.39 is 6.10 Å². The summed E-state index contributed by atoms with van der Waals surface area (Å²) in [4.78, 5) is 23.5. The summed E-state index contributed by atoms with van der Waals surface area (Å²) in [5.41, 5.74) is 0.508. The molecule has 1 heterocycles. The van der Waals surface area contributed by atoms with Gasteiger partial charge < -0.3 is 15.0 Å².